The number of amides is 2. The van der Waals surface area contributed by atoms with Gasteiger partial charge in [0.25, 0.3) is 5.91 Å². The molecule has 0 aliphatic heterocycles. The molecule has 0 fully saturated rings. The smallest absolute Gasteiger partial charge is 0.277 e. The fourth-order valence-electron chi connectivity index (χ4n) is 2.13. The number of methoxy groups -OCH3 is 2. The van der Waals surface area contributed by atoms with Gasteiger partial charge in [0.2, 0.25) is 5.91 Å². The summed E-state index contributed by atoms with van der Waals surface area (Å²) < 4.78 is 15.7. The van der Waals surface area contributed by atoms with Crippen LogP contribution in [0.5, 0.6) is 17.2 Å². The van der Waals surface area contributed by atoms with Gasteiger partial charge in [0.15, 0.2) is 18.1 Å². The van der Waals surface area contributed by atoms with Crippen molar-refractivity contribution in [3.8, 4) is 17.2 Å². The lowest BCUT2D eigenvalue weighted by atomic mass is 10.2. The zero-order chi connectivity index (χ0) is 19.6. The molecule has 2 N–H and O–H groups in total. The molecular formula is C19H21N3O5. The molecule has 2 amide bonds. The molecule has 0 aliphatic carbocycles. The fraction of sp³-hybridized carbons (Fsp3) is 0.211. The van der Waals surface area contributed by atoms with E-state index in [9.17, 15) is 9.59 Å². The number of carbonyl (C=O) groups is 2. The van der Waals surface area contributed by atoms with Gasteiger partial charge >= 0.3 is 0 Å². The first-order valence-electron chi connectivity index (χ1n) is 8.06. The highest BCUT2D eigenvalue weighted by atomic mass is 16.5. The van der Waals surface area contributed by atoms with Crippen LogP contribution in [0.15, 0.2) is 47.6 Å². The average molecular weight is 371 g/mol. The standard InChI is InChI=1S/C19H21N3O5/c1-13(23)21-15-5-7-16(8-6-15)27-12-19(24)22-20-11-14-4-9-17(25-2)18(10-14)26-3/h4-11H,12H2,1-3H3,(H,21,23)(H,22,24)/b20-11+. The van der Waals surface area contributed by atoms with Gasteiger partial charge in [0.05, 0.1) is 20.4 Å². The van der Waals surface area contributed by atoms with E-state index < -0.39 is 5.91 Å². The van der Waals surface area contributed by atoms with Gasteiger partial charge < -0.3 is 19.5 Å². The third-order valence-corrected chi connectivity index (χ3v) is 3.36. The predicted molar refractivity (Wildman–Crippen MR) is 102 cm³/mol. The number of hydrogen-bond acceptors (Lipinski definition) is 6. The van der Waals surface area contributed by atoms with Crippen LogP contribution in [-0.4, -0.2) is 38.9 Å². The molecule has 8 nitrogen and oxygen atoms in total. The molecule has 0 saturated heterocycles. The Hall–Kier alpha value is -3.55. The molecule has 0 saturated carbocycles. The van der Waals surface area contributed by atoms with Crippen LogP contribution in [0.2, 0.25) is 0 Å². The van der Waals surface area contributed by atoms with Crippen molar-refractivity contribution >= 4 is 23.7 Å². The van der Waals surface area contributed by atoms with E-state index in [1.807, 2.05) is 0 Å². The summed E-state index contributed by atoms with van der Waals surface area (Å²) in [6.07, 6.45) is 1.49. The van der Waals surface area contributed by atoms with Crippen molar-refractivity contribution in [1.82, 2.24) is 5.43 Å². The third kappa shape index (κ3) is 6.35. The van der Waals surface area contributed by atoms with Crippen LogP contribution >= 0.6 is 0 Å². The van der Waals surface area contributed by atoms with E-state index in [4.69, 9.17) is 14.2 Å². The molecule has 0 atom stereocenters. The quantitative estimate of drug-likeness (QED) is 0.547. The van der Waals surface area contributed by atoms with Crippen LogP contribution in [0.3, 0.4) is 0 Å². The highest BCUT2D eigenvalue weighted by molar-refractivity contribution is 5.88. The summed E-state index contributed by atoms with van der Waals surface area (Å²) in [6, 6.07) is 12.0. The number of nitrogens with zero attached hydrogens (tertiary/aromatic N) is 1. The van der Waals surface area contributed by atoms with Gasteiger partial charge in [0, 0.05) is 12.6 Å². The summed E-state index contributed by atoms with van der Waals surface area (Å²) in [7, 11) is 3.10. The molecule has 0 radical (unpaired) electrons. The van der Waals surface area contributed by atoms with Gasteiger partial charge in [0.1, 0.15) is 5.75 Å². The second-order valence-corrected chi connectivity index (χ2v) is 5.40. The minimum Gasteiger partial charge on any atom is -0.493 e. The van der Waals surface area contributed by atoms with Crippen LogP contribution in [-0.2, 0) is 9.59 Å². The molecule has 27 heavy (non-hydrogen) atoms. The Morgan fingerprint density at radius 2 is 1.74 bits per heavy atom. The van der Waals surface area contributed by atoms with Gasteiger partial charge in [-0.2, -0.15) is 5.10 Å². The van der Waals surface area contributed by atoms with Crippen LogP contribution < -0.4 is 25.0 Å². The Morgan fingerprint density at radius 1 is 1.04 bits per heavy atom. The number of hydrogen-bond donors (Lipinski definition) is 2. The fourth-order valence-corrected chi connectivity index (χ4v) is 2.13. The van der Waals surface area contributed by atoms with Crippen molar-refractivity contribution in [3.63, 3.8) is 0 Å². The maximum Gasteiger partial charge on any atom is 0.277 e. The Balaban J connectivity index is 1.82. The largest absolute Gasteiger partial charge is 0.493 e. The van der Waals surface area contributed by atoms with Crippen LogP contribution in [0.25, 0.3) is 0 Å². The van der Waals surface area contributed by atoms with E-state index in [2.05, 4.69) is 15.8 Å². The Bertz CT molecular complexity index is 819. The number of ether oxygens (including phenoxy) is 3. The molecular weight excluding hydrogens is 350 g/mol. The van der Waals surface area contributed by atoms with Crippen molar-refractivity contribution in [2.24, 2.45) is 5.10 Å². The highest BCUT2D eigenvalue weighted by Crippen LogP contribution is 2.26. The van der Waals surface area contributed by atoms with E-state index >= 15 is 0 Å². The predicted octanol–water partition coefficient (Wildman–Crippen LogP) is 2.19. The van der Waals surface area contributed by atoms with Crippen molar-refractivity contribution < 1.29 is 23.8 Å². The number of benzene rings is 2. The van der Waals surface area contributed by atoms with Crippen LogP contribution in [0.4, 0.5) is 5.69 Å². The molecule has 2 rings (SSSR count). The zero-order valence-electron chi connectivity index (χ0n) is 15.3. The van der Waals surface area contributed by atoms with Crippen molar-refractivity contribution in [1.29, 1.82) is 0 Å². The van der Waals surface area contributed by atoms with E-state index in [0.717, 1.165) is 5.56 Å². The maximum absolute atomic E-state index is 11.8. The first-order chi connectivity index (χ1) is 13.0. The minimum atomic E-state index is -0.405. The minimum absolute atomic E-state index is 0.157. The molecule has 2 aromatic carbocycles. The number of hydrazone groups is 1. The molecule has 0 aliphatic rings. The second-order valence-electron chi connectivity index (χ2n) is 5.40. The molecule has 0 spiro atoms. The highest BCUT2D eigenvalue weighted by Gasteiger charge is 2.04. The van der Waals surface area contributed by atoms with Crippen molar-refractivity contribution in [2.75, 3.05) is 26.1 Å². The maximum atomic E-state index is 11.8. The number of nitrogens with one attached hydrogen (secondary N) is 2. The summed E-state index contributed by atoms with van der Waals surface area (Å²) in [5.74, 6) is 1.12. The molecule has 0 aromatic heterocycles. The van der Waals surface area contributed by atoms with E-state index in [-0.39, 0.29) is 12.5 Å². The first-order valence-corrected chi connectivity index (χ1v) is 8.06. The molecule has 8 heteroatoms. The van der Waals surface area contributed by atoms with Crippen molar-refractivity contribution in [2.45, 2.75) is 6.92 Å². The zero-order valence-corrected chi connectivity index (χ0v) is 15.3. The second kappa shape index (κ2) is 9.81. The average Bonchev–Trinajstić information content (AvgIpc) is 2.67. The molecule has 0 bridgehead atoms. The molecule has 0 heterocycles. The third-order valence-electron chi connectivity index (χ3n) is 3.36. The lowest BCUT2D eigenvalue weighted by molar-refractivity contribution is -0.123. The SMILES string of the molecule is COc1ccc(/C=N/NC(=O)COc2ccc(NC(C)=O)cc2)cc1OC. The Kier molecular flexibility index (Phi) is 7.18. The van der Waals surface area contributed by atoms with Gasteiger partial charge in [-0.05, 0) is 48.0 Å². The number of carbonyl (C=O) groups excluding carboxylic acids is 2. The van der Waals surface area contributed by atoms with E-state index in [1.54, 1.807) is 56.7 Å². The Morgan fingerprint density at radius 3 is 2.37 bits per heavy atom. The van der Waals surface area contributed by atoms with Gasteiger partial charge in [-0.1, -0.05) is 0 Å². The summed E-state index contributed by atoms with van der Waals surface area (Å²) in [6.45, 7) is 1.24. The first kappa shape index (κ1) is 19.8. The summed E-state index contributed by atoms with van der Waals surface area (Å²) >= 11 is 0. The summed E-state index contributed by atoms with van der Waals surface area (Å²) in [5.41, 5.74) is 3.77. The van der Waals surface area contributed by atoms with Gasteiger partial charge in [-0.15, -0.1) is 0 Å². The normalized spacial score (nSPS) is 10.3. The van der Waals surface area contributed by atoms with Crippen LogP contribution in [0, 0.1) is 0 Å². The Labute approximate surface area is 157 Å². The molecule has 0 unspecified atom stereocenters. The van der Waals surface area contributed by atoms with E-state index in [1.165, 1.54) is 13.1 Å². The van der Waals surface area contributed by atoms with Gasteiger partial charge in [-0.3, -0.25) is 9.59 Å². The van der Waals surface area contributed by atoms with Crippen molar-refractivity contribution in [3.05, 3.63) is 48.0 Å². The summed E-state index contributed by atoms with van der Waals surface area (Å²) in [5, 5.41) is 6.53. The van der Waals surface area contributed by atoms with E-state index in [0.29, 0.717) is 22.9 Å². The number of anilines is 1. The topological polar surface area (TPSA) is 98.3 Å². The van der Waals surface area contributed by atoms with Gasteiger partial charge in [-0.25, -0.2) is 5.43 Å². The summed E-state index contributed by atoms with van der Waals surface area (Å²) in [4.78, 5) is 22.8. The monoisotopic (exact) mass is 371 g/mol. The lowest BCUT2D eigenvalue weighted by Crippen LogP contribution is -2.24. The molecule has 2 aromatic rings. The molecule has 142 valence electrons. The number of rotatable bonds is 8. The lowest BCUT2D eigenvalue weighted by Gasteiger charge is -2.08. The van der Waals surface area contributed by atoms with Crippen LogP contribution in [0.1, 0.15) is 12.5 Å².